The monoisotopic (exact) mass is 396 g/mol. The molecule has 1 aliphatic heterocycles. The molecule has 28 heavy (non-hydrogen) atoms. The molecule has 0 N–H and O–H groups in total. The van der Waals surface area contributed by atoms with Crippen LogP contribution in [0.2, 0.25) is 0 Å². The molecule has 0 amide bonds. The van der Waals surface area contributed by atoms with Gasteiger partial charge in [0, 0.05) is 18.8 Å². The van der Waals surface area contributed by atoms with Crippen LogP contribution >= 0.6 is 11.8 Å². The van der Waals surface area contributed by atoms with Gasteiger partial charge in [-0.15, -0.1) is 10.2 Å². The number of rotatable bonds is 7. The summed E-state index contributed by atoms with van der Waals surface area (Å²) >= 11 is 1.70. The van der Waals surface area contributed by atoms with Gasteiger partial charge in [0.1, 0.15) is 5.75 Å². The van der Waals surface area contributed by atoms with Gasteiger partial charge in [-0.05, 0) is 23.3 Å². The van der Waals surface area contributed by atoms with Crippen molar-refractivity contribution in [2.75, 3.05) is 38.3 Å². The average Bonchev–Trinajstić information content (AvgIpc) is 3.16. The van der Waals surface area contributed by atoms with Gasteiger partial charge in [0.05, 0.1) is 26.9 Å². The maximum atomic E-state index is 5.50. The average molecular weight is 397 g/mol. The fourth-order valence-electron chi connectivity index (χ4n) is 3.20. The summed E-state index contributed by atoms with van der Waals surface area (Å²) < 4.78 is 13.0. The van der Waals surface area contributed by atoms with Crippen LogP contribution < -0.4 is 9.64 Å². The molecule has 6 nitrogen and oxygen atoms in total. The van der Waals surface area contributed by atoms with Crippen LogP contribution in [0.3, 0.4) is 0 Å². The fraction of sp³-hybridized carbons (Fsp3) is 0.333. The van der Waals surface area contributed by atoms with Crippen molar-refractivity contribution in [1.29, 1.82) is 0 Å². The second-order valence-corrected chi connectivity index (χ2v) is 7.54. The lowest BCUT2D eigenvalue weighted by Crippen LogP contribution is -2.38. The Labute approximate surface area is 169 Å². The maximum absolute atomic E-state index is 5.50. The van der Waals surface area contributed by atoms with E-state index in [1.807, 2.05) is 18.2 Å². The Balaban J connectivity index is 1.57. The number of nitrogens with zero attached hydrogens (tertiary/aromatic N) is 4. The van der Waals surface area contributed by atoms with E-state index in [0.717, 1.165) is 55.5 Å². The van der Waals surface area contributed by atoms with Crippen LogP contribution in [0.1, 0.15) is 11.1 Å². The summed E-state index contributed by atoms with van der Waals surface area (Å²) in [6.45, 7) is 3.89. The fourth-order valence-corrected chi connectivity index (χ4v) is 4.08. The van der Waals surface area contributed by atoms with E-state index >= 15 is 0 Å². The topological polar surface area (TPSA) is 52.4 Å². The van der Waals surface area contributed by atoms with Gasteiger partial charge in [-0.3, -0.25) is 4.57 Å². The van der Waals surface area contributed by atoms with Gasteiger partial charge in [-0.25, -0.2) is 0 Å². The number of thioether (sulfide) groups is 1. The van der Waals surface area contributed by atoms with Crippen molar-refractivity contribution in [3.63, 3.8) is 0 Å². The number of anilines is 1. The Kier molecular flexibility index (Phi) is 6.14. The van der Waals surface area contributed by atoms with Crippen LogP contribution in [0.5, 0.6) is 5.75 Å². The zero-order chi connectivity index (χ0) is 19.2. The summed E-state index contributed by atoms with van der Waals surface area (Å²) in [5.41, 5.74) is 2.44. The lowest BCUT2D eigenvalue weighted by atomic mass is 10.2. The van der Waals surface area contributed by atoms with E-state index in [0.29, 0.717) is 0 Å². The van der Waals surface area contributed by atoms with Crippen molar-refractivity contribution in [3.05, 3.63) is 65.7 Å². The van der Waals surface area contributed by atoms with Gasteiger partial charge >= 0.3 is 0 Å². The van der Waals surface area contributed by atoms with Crippen LogP contribution in [0.15, 0.2) is 59.8 Å². The normalized spacial score (nSPS) is 14.2. The molecule has 0 saturated carbocycles. The molecule has 3 aromatic rings. The Morgan fingerprint density at radius 3 is 2.57 bits per heavy atom. The number of methoxy groups -OCH3 is 1. The van der Waals surface area contributed by atoms with Gasteiger partial charge in [-0.1, -0.05) is 54.2 Å². The number of ether oxygens (including phenoxy) is 2. The molecule has 0 atom stereocenters. The Morgan fingerprint density at radius 2 is 1.79 bits per heavy atom. The molecular formula is C21H24N4O2S. The highest BCUT2D eigenvalue weighted by Gasteiger charge is 2.21. The number of hydrogen-bond donors (Lipinski definition) is 0. The van der Waals surface area contributed by atoms with Crippen molar-refractivity contribution >= 4 is 17.7 Å². The third-order valence-electron chi connectivity index (χ3n) is 4.68. The lowest BCUT2D eigenvalue weighted by molar-refractivity contribution is 0.121. The van der Waals surface area contributed by atoms with E-state index in [1.165, 1.54) is 11.1 Å². The summed E-state index contributed by atoms with van der Waals surface area (Å²) in [5.74, 6) is 2.60. The first-order chi connectivity index (χ1) is 13.8. The molecule has 0 radical (unpaired) electrons. The first-order valence-corrected chi connectivity index (χ1v) is 10.4. The summed E-state index contributed by atoms with van der Waals surface area (Å²) in [4.78, 5) is 2.26. The molecule has 2 heterocycles. The number of aromatic nitrogens is 3. The van der Waals surface area contributed by atoms with Crippen molar-refractivity contribution in [3.8, 4) is 5.75 Å². The van der Waals surface area contributed by atoms with Crippen molar-refractivity contribution in [2.45, 2.75) is 17.5 Å². The third-order valence-corrected chi connectivity index (χ3v) is 5.71. The maximum Gasteiger partial charge on any atom is 0.228 e. The van der Waals surface area contributed by atoms with Crippen LogP contribution in [0.25, 0.3) is 0 Å². The van der Waals surface area contributed by atoms with Crippen LogP contribution in [-0.4, -0.2) is 48.2 Å². The molecule has 0 bridgehead atoms. The van der Waals surface area contributed by atoms with Crippen molar-refractivity contribution in [1.82, 2.24) is 14.8 Å². The molecule has 4 rings (SSSR count). The minimum Gasteiger partial charge on any atom is -0.497 e. The van der Waals surface area contributed by atoms with E-state index in [-0.39, 0.29) is 0 Å². The Morgan fingerprint density at radius 1 is 1.00 bits per heavy atom. The molecular weight excluding hydrogens is 372 g/mol. The summed E-state index contributed by atoms with van der Waals surface area (Å²) in [7, 11) is 1.69. The quantitative estimate of drug-likeness (QED) is 0.570. The van der Waals surface area contributed by atoms with Gasteiger partial charge in [-0.2, -0.15) is 0 Å². The van der Waals surface area contributed by atoms with E-state index < -0.39 is 0 Å². The van der Waals surface area contributed by atoms with E-state index in [4.69, 9.17) is 9.47 Å². The summed E-state index contributed by atoms with van der Waals surface area (Å²) in [5, 5.41) is 9.95. The van der Waals surface area contributed by atoms with Gasteiger partial charge in [0.2, 0.25) is 5.95 Å². The van der Waals surface area contributed by atoms with Crippen molar-refractivity contribution in [2.24, 2.45) is 0 Å². The minimum absolute atomic E-state index is 0.727. The molecule has 146 valence electrons. The SMILES string of the molecule is COc1cccc(CSc2nnc(N3CCOCC3)n2Cc2ccccc2)c1. The van der Waals surface area contributed by atoms with E-state index in [1.54, 1.807) is 18.9 Å². The molecule has 0 unspecified atom stereocenters. The van der Waals surface area contributed by atoms with Gasteiger partial charge < -0.3 is 14.4 Å². The Bertz CT molecular complexity index is 894. The summed E-state index contributed by atoms with van der Waals surface area (Å²) in [6.07, 6.45) is 0. The smallest absolute Gasteiger partial charge is 0.228 e. The third kappa shape index (κ3) is 4.48. The zero-order valence-corrected chi connectivity index (χ0v) is 16.8. The lowest BCUT2D eigenvalue weighted by Gasteiger charge is -2.28. The standard InChI is InChI=1S/C21H24N4O2S/c1-26-19-9-5-8-18(14-19)16-28-21-23-22-20(24-10-12-27-13-11-24)25(21)15-17-6-3-2-4-7-17/h2-9,14H,10-13,15-16H2,1H3. The highest BCUT2D eigenvalue weighted by Crippen LogP contribution is 2.27. The first kappa shape index (κ1) is 18.8. The van der Waals surface area contributed by atoms with Gasteiger partial charge in [0.25, 0.3) is 0 Å². The highest BCUT2D eigenvalue weighted by atomic mass is 32.2. The number of hydrogen-bond acceptors (Lipinski definition) is 6. The predicted molar refractivity (Wildman–Crippen MR) is 111 cm³/mol. The Hall–Kier alpha value is -2.51. The van der Waals surface area contributed by atoms with Crippen LogP contribution in [-0.2, 0) is 17.0 Å². The summed E-state index contributed by atoms with van der Waals surface area (Å²) in [6, 6.07) is 18.6. The van der Waals surface area contributed by atoms with E-state index in [2.05, 4.69) is 56.1 Å². The molecule has 1 fully saturated rings. The second kappa shape index (κ2) is 9.12. The second-order valence-electron chi connectivity index (χ2n) is 6.59. The van der Waals surface area contributed by atoms with Crippen LogP contribution in [0.4, 0.5) is 5.95 Å². The van der Waals surface area contributed by atoms with Crippen LogP contribution in [0, 0.1) is 0 Å². The largest absolute Gasteiger partial charge is 0.497 e. The molecule has 0 aliphatic carbocycles. The number of benzene rings is 2. The highest BCUT2D eigenvalue weighted by molar-refractivity contribution is 7.98. The number of morpholine rings is 1. The van der Waals surface area contributed by atoms with E-state index in [9.17, 15) is 0 Å². The molecule has 2 aromatic carbocycles. The predicted octanol–water partition coefficient (Wildman–Crippen LogP) is 3.46. The molecule has 0 spiro atoms. The first-order valence-electron chi connectivity index (χ1n) is 9.39. The molecule has 1 saturated heterocycles. The molecule has 1 aliphatic rings. The molecule has 7 heteroatoms. The minimum atomic E-state index is 0.727. The van der Waals surface area contributed by atoms with Crippen molar-refractivity contribution < 1.29 is 9.47 Å². The molecule has 1 aromatic heterocycles. The zero-order valence-electron chi connectivity index (χ0n) is 16.0. The van der Waals surface area contributed by atoms with Gasteiger partial charge in [0.15, 0.2) is 5.16 Å².